The van der Waals surface area contributed by atoms with Gasteiger partial charge in [-0.2, -0.15) is 0 Å². The maximum Gasteiger partial charge on any atom is 0.306 e. The predicted molar refractivity (Wildman–Crippen MR) is 349 cm³/mol. The minimum absolute atomic E-state index is 0.0707. The molecule has 80 heavy (non-hydrogen) atoms. The monoisotopic (exact) mass is 1120 g/mol. The van der Waals surface area contributed by atoms with Crippen LogP contribution in [0, 0.1) is 0 Å². The highest BCUT2D eigenvalue weighted by atomic mass is 16.6. The fourth-order valence-corrected chi connectivity index (χ4v) is 10.9. The summed E-state index contributed by atoms with van der Waals surface area (Å²) in [7, 11) is 0. The molecule has 0 fully saturated rings. The number of hydrogen-bond donors (Lipinski definition) is 0. The van der Waals surface area contributed by atoms with Crippen molar-refractivity contribution < 1.29 is 28.6 Å². The lowest BCUT2D eigenvalue weighted by Crippen LogP contribution is -2.30. The van der Waals surface area contributed by atoms with Crippen molar-refractivity contribution in [2.75, 3.05) is 13.2 Å². The van der Waals surface area contributed by atoms with Gasteiger partial charge in [-0.05, 0) is 89.9 Å². The Bertz CT molecular complexity index is 1340. The molecule has 0 saturated heterocycles. The summed E-state index contributed by atoms with van der Waals surface area (Å²) < 4.78 is 16.9. The topological polar surface area (TPSA) is 78.9 Å². The fourth-order valence-electron chi connectivity index (χ4n) is 10.9. The molecule has 0 saturated carbocycles. The van der Waals surface area contributed by atoms with Crippen molar-refractivity contribution in [1.29, 1.82) is 0 Å². The molecule has 0 bridgehead atoms. The molecule has 0 aromatic rings. The number of carbonyl (C=O) groups excluding carboxylic acids is 3. The average molecular weight is 1120 g/mol. The van der Waals surface area contributed by atoms with Crippen molar-refractivity contribution in [3.05, 3.63) is 36.5 Å². The van der Waals surface area contributed by atoms with Gasteiger partial charge in [0.15, 0.2) is 6.10 Å². The maximum atomic E-state index is 12.9. The lowest BCUT2D eigenvalue weighted by atomic mass is 10.0. The molecule has 0 N–H and O–H groups in total. The molecule has 0 aromatic heterocycles. The molecule has 1 atom stereocenters. The van der Waals surface area contributed by atoms with E-state index in [0.717, 1.165) is 70.6 Å². The molecule has 0 heterocycles. The van der Waals surface area contributed by atoms with Crippen LogP contribution in [0.1, 0.15) is 400 Å². The second kappa shape index (κ2) is 69.1. The van der Waals surface area contributed by atoms with Crippen LogP contribution in [0.25, 0.3) is 0 Å². The van der Waals surface area contributed by atoms with Gasteiger partial charge in [-0.15, -0.1) is 0 Å². The van der Waals surface area contributed by atoms with Crippen LogP contribution >= 0.6 is 0 Å². The zero-order valence-corrected chi connectivity index (χ0v) is 54.1. The Morgan fingerprint density at radius 2 is 0.438 bits per heavy atom. The van der Waals surface area contributed by atoms with E-state index in [4.69, 9.17) is 14.2 Å². The van der Waals surface area contributed by atoms with Gasteiger partial charge in [0, 0.05) is 19.3 Å². The summed E-state index contributed by atoms with van der Waals surface area (Å²) in [5.74, 6) is -0.857. The molecule has 0 rings (SSSR count). The number of rotatable bonds is 67. The van der Waals surface area contributed by atoms with Crippen LogP contribution in [-0.2, 0) is 28.6 Å². The highest BCUT2D eigenvalue weighted by molar-refractivity contribution is 5.71. The van der Waals surface area contributed by atoms with E-state index in [1.807, 2.05) is 0 Å². The van der Waals surface area contributed by atoms with E-state index in [0.29, 0.717) is 19.3 Å². The van der Waals surface area contributed by atoms with Gasteiger partial charge in [-0.25, -0.2) is 0 Å². The van der Waals surface area contributed by atoms with E-state index >= 15 is 0 Å². The highest BCUT2D eigenvalue weighted by Gasteiger charge is 2.19. The van der Waals surface area contributed by atoms with Gasteiger partial charge in [-0.1, -0.05) is 327 Å². The first kappa shape index (κ1) is 77.6. The lowest BCUT2D eigenvalue weighted by Gasteiger charge is -2.18. The lowest BCUT2D eigenvalue weighted by molar-refractivity contribution is -0.167. The maximum absolute atomic E-state index is 12.9. The highest BCUT2D eigenvalue weighted by Crippen LogP contribution is 2.18. The van der Waals surface area contributed by atoms with E-state index in [2.05, 4.69) is 57.2 Å². The molecule has 0 aromatic carbocycles. The number of allylic oxidation sites excluding steroid dienone is 6. The molecule has 1 unspecified atom stereocenters. The van der Waals surface area contributed by atoms with E-state index in [-0.39, 0.29) is 31.1 Å². The first-order valence-electron chi connectivity index (χ1n) is 36.0. The van der Waals surface area contributed by atoms with Crippen LogP contribution in [-0.4, -0.2) is 37.2 Å². The van der Waals surface area contributed by atoms with Gasteiger partial charge in [-0.3, -0.25) is 14.4 Å². The molecule has 0 amide bonds. The largest absolute Gasteiger partial charge is 0.462 e. The molecule has 6 nitrogen and oxygen atoms in total. The third-order valence-electron chi connectivity index (χ3n) is 16.3. The summed E-state index contributed by atoms with van der Waals surface area (Å²) in [5, 5.41) is 0. The summed E-state index contributed by atoms with van der Waals surface area (Å²) in [4.78, 5) is 38.3. The number of esters is 3. The standard InChI is InChI=1S/C74H138O6/c1-4-7-10-13-16-19-22-24-26-28-30-32-34-35-36-37-38-39-41-42-44-46-48-50-52-55-58-61-64-67-73(76)79-70-71(69-78-72(75)66-63-60-57-54-21-18-15-12-9-6-3)80-74(77)68-65-62-59-56-53-51-49-47-45-43-40-33-31-29-27-25-23-20-17-14-11-8-5-2/h12,15,28-31,71H,4-11,13-14,16-27,32-70H2,1-3H3/b15-12-,30-28-,31-29-. The smallest absolute Gasteiger partial charge is 0.306 e. The van der Waals surface area contributed by atoms with Crippen molar-refractivity contribution in [3.8, 4) is 0 Å². The number of carbonyl (C=O) groups is 3. The Kier molecular flexibility index (Phi) is 67.1. The zero-order chi connectivity index (χ0) is 57.8. The molecule has 0 radical (unpaired) electrons. The van der Waals surface area contributed by atoms with Crippen LogP contribution in [0.3, 0.4) is 0 Å². The molecule has 0 aliphatic rings. The summed E-state index contributed by atoms with van der Waals surface area (Å²) >= 11 is 0. The second-order valence-corrected chi connectivity index (χ2v) is 24.5. The van der Waals surface area contributed by atoms with Crippen molar-refractivity contribution in [3.63, 3.8) is 0 Å². The van der Waals surface area contributed by atoms with Gasteiger partial charge < -0.3 is 14.2 Å². The SMILES string of the molecule is CCC/C=C\CCCCCCCC(=O)OCC(COC(=O)CCCCCCCCCCCCCCCCCCC/C=C\CCCCCCCCCC)OC(=O)CCCCCCCCCCCCC/C=C\CCCCCCCCCC. The van der Waals surface area contributed by atoms with E-state index in [1.165, 1.54) is 289 Å². The second-order valence-electron chi connectivity index (χ2n) is 24.5. The van der Waals surface area contributed by atoms with Gasteiger partial charge >= 0.3 is 17.9 Å². The summed E-state index contributed by atoms with van der Waals surface area (Å²) in [6, 6.07) is 0. The molecule has 0 spiro atoms. The molecule has 0 aliphatic carbocycles. The first-order chi connectivity index (χ1) is 39.5. The van der Waals surface area contributed by atoms with Crippen LogP contribution in [0.4, 0.5) is 0 Å². The van der Waals surface area contributed by atoms with E-state index < -0.39 is 6.10 Å². The third-order valence-corrected chi connectivity index (χ3v) is 16.3. The number of hydrogen-bond acceptors (Lipinski definition) is 6. The van der Waals surface area contributed by atoms with E-state index in [1.54, 1.807) is 0 Å². The average Bonchev–Trinajstić information content (AvgIpc) is 3.46. The van der Waals surface area contributed by atoms with Crippen LogP contribution in [0.5, 0.6) is 0 Å². The van der Waals surface area contributed by atoms with Crippen molar-refractivity contribution >= 4 is 17.9 Å². The van der Waals surface area contributed by atoms with E-state index in [9.17, 15) is 14.4 Å². The summed E-state index contributed by atoms with van der Waals surface area (Å²) in [6.07, 6.45) is 86.3. The number of unbranched alkanes of at least 4 members (excludes halogenated alkanes) is 50. The zero-order valence-electron chi connectivity index (χ0n) is 54.1. The van der Waals surface area contributed by atoms with Gasteiger partial charge in [0.1, 0.15) is 13.2 Å². The van der Waals surface area contributed by atoms with Crippen LogP contribution in [0.2, 0.25) is 0 Å². The Morgan fingerprint density at radius 1 is 0.237 bits per heavy atom. The van der Waals surface area contributed by atoms with Crippen molar-refractivity contribution in [2.45, 2.75) is 406 Å². The Labute approximate surface area is 499 Å². The van der Waals surface area contributed by atoms with Crippen LogP contribution in [0.15, 0.2) is 36.5 Å². The molecular formula is C74H138O6. The molecule has 470 valence electrons. The Balaban J connectivity index is 4.11. The predicted octanol–water partition coefficient (Wildman–Crippen LogP) is 24.7. The third kappa shape index (κ3) is 66.4. The molecular weight excluding hydrogens is 985 g/mol. The van der Waals surface area contributed by atoms with Crippen molar-refractivity contribution in [1.82, 2.24) is 0 Å². The summed E-state index contributed by atoms with van der Waals surface area (Å²) in [5.41, 5.74) is 0. The molecule has 0 aliphatic heterocycles. The minimum atomic E-state index is -0.774. The molecule has 6 heteroatoms. The fraction of sp³-hybridized carbons (Fsp3) is 0.878. The van der Waals surface area contributed by atoms with Crippen LogP contribution < -0.4 is 0 Å². The van der Waals surface area contributed by atoms with Gasteiger partial charge in [0.25, 0.3) is 0 Å². The Hall–Kier alpha value is -2.37. The minimum Gasteiger partial charge on any atom is -0.462 e. The quantitative estimate of drug-likeness (QED) is 0.0261. The van der Waals surface area contributed by atoms with Crippen molar-refractivity contribution in [2.24, 2.45) is 0 Å². The number of ether oxygens (including phenoxy) is 3. The first-order valence-corrected chi connectivity index (χ1v) is 36.0. The summed E-state index contributed by atoms with van der Waals surface area (Å²) in [6.45, 7) is 6.64. The Morgan fingerprint density at radius 3 is 0.675 bits per heavy atom. The van der Waals surface area contributed by atoms with Gasteiger partial charge in [0.05, 0.1) is 0 Å². The van der Waals surface area contributed by atoms with Gasteiger partial charge in [0.2, 0.25) is 0 Å². The normalized spacial score (nSPS) is 12.2.